The third-order valence-corrected chi connectivity index (χ3v) is 8.22. The molecular formula is C33H19BrN4O8. The Morgan fingerprint density at radius 3 is 1.87 bits per heavy atom. The Labute approximate surface area is 266 Å². The van der Waals surface area contributed by atoms with Gasteiger partial charge in [-0.1, -0.05) is 60.7 Å². The second-order valence-electron chi connectivity index (χ2n) is 10.4. The highest BCUT2D eigenvalue weighted by molar-refractivity contribution is 9.10. The molecule has 0 saturated heterocycles. The topological polar surface area (TPSA) is 176 Å². The maximum atomic E-state index is 12.5. The van der Waals surface area contributed by atoms with Gasteiger partial charge < -0.3 is 5.32 Å². The van der Waals surface area contributed by atoms with Crippen molar-refractivity contribution in [1.82, 2.24) is 0 Å². The summed E-state index contributed by atoms with van der Waals surface area (Å²) in [7, 11) is 0. The molecule has 1 amide bonds. The van der Waals surface area contributed by atoms with Crippen LogP contribution in [0.15, 0.2) is 95.5 Å². The van der Waals surface area contributed by atoms with Gasteiger partial charge in [0.05, 0.1) is 26.4 Å². The second kappa shape index (κ2) is 11.4. The molecule has 12 nitrogen and oxygen atoms in total. The van der Waals surface area contributed by atoms with Gasteiger partial charge in [-0.15, -0.1) is 0 Å². The van der Waals surface area contributed by atoms with Gasteiger partial charge in [0, 0.05) is 57.4 Å². The Morgan fingerprint density at radius 1 is 0.674 bits per heavy atom. The zero-order chi connectivity index (χ0) is 32.9. The van der Waals surface area contributed by atoms with E-state index in [2.05, 4.69) is 69.8 Å². The lowest BCUT2D eigenvalue weighted by Crippen LogP contribution is -2.06. The number of amides is 1. The number of nitro benzene ring substituents is 3. The number of nitrogens with zero attached hydrogens (tertiary/aromatic N) is 3. The van der Waals surface area contributed by atoms with Crippen LogP contribution in [-0.4, -0.2) is 26.5 Å². The molecule has 0 fully saturated rings. The first-order chi connectivity index (χ1) is 22.0. The predicted octanol–water partition coefficient (Wildman–Crippen LogP) is 8.49. The quantitative estimate of drug-likeness (QED) is 0.109. The number of nitro groups is 3. The maximum Gasteiger partial charge on any atom is 0.284 e. The molecule has 46 heavy (non-hydrogen) atoms. The zero-order valence-electron chi connectivity index (χ0n) is 23.6. The molecule has 6 aromatic rings. The average Bonchev–Trinajstić information content (AvgIpc) is 3.32. The van der Waals surface area contributed by atoms with Gasteiger partial charge in [-0.25, -0.2) is 0 Å². The lowest BCUT2D eigenvalue weighted by Gasteiger charge is -2.12. The number of rotatable bonds is 4. The van der Waals surface area contributed by atoms with Gasteiger partial charge in [0.2, 0.25) is 5.91 Å². The molecule has 1 aliphatic carbocycles. The second-order valence-corrected chi connectivity index (χ2v) is 11.2. The molecule has 7 rings (SSSR count). The van der Waals surface area contributed by atoms with Crippen molar-refractivity contribution in [2.45, 2.75) is 6.92 Å². The number of fused-ring (bicyclic) bond motifs is 8. The molecule has 0 aliphatic heterocycles. The fourth-order valence-corrected chi connectivity index (χ4v) is 6.39. The Morgan fingerprint density at radius 2 is 1.24 bits per heavy atom. The molecule has 0 saturated carbocycles. The summed E-state index contributed by atoms with van der Waals surface area (Å²) in [4.78, 5) is 54.8. The van der Waals surface area contributed by atoms with Crippen molar-refractivity contribution in [2.24, 2.45) is 0 Å². The van der Waals surface area contributed by atoms with Crippen molar-refractivity contribution in [3.8, 4) is 11.1 Å². The van der Waals surface area contributed by atoms with Crippen molar-refractivity contribution in [2.75, 3.05) is 5.32 Å². The molecule has 0 bridgehead atoms. The van der Waals surface area contributed by atoms with Crippen LogP contribution in [0.3, 0.4) is 0 Å². The summed E-state index contributed by atoms with van der Waals surface area (Å²) in [5.41, 5.74) is -1.05. The van der Waals surface area contributed by atoms with Gasteiger partial charge >= 0.3 is 0 Å². The number of halogens is 1. The highest BCUT2D eigenvalue weighted by atomic mass is 79.9. The summed E-state index contributed by atoms with van der Waals surface area (Å²) >= 11 is 3.08. The van der Waals surface area contributed by atoms with Crippen LogP contribution in [0.1, 0.15) is 22.8 Å². The number of non-ortho nitro benzene ring substituents is 2. The third-order valence-electron chi connectivity index (χ3n) is 7.60. The molecule has 6 aromatic carbocycles. The highest BCUT2D eigenvalue weighted by Gasteiger charge is 2.38. The molecule has 1 N–H and O–H groups in total. The minimum atomic E-state index is -0.846. The van der Waals surface area contributed by atoms with Gasteiger partial charge in [0.25, 0.3) is 17.1 Å². The van der Waals surface area contributed by atoms with Gasteiger partial charge in [-0.3, -0.25) is 39.9 Å². The van der Waals surface area contributed by atoms with E-state index in [0.29, 0.717) is 0 Å². The summed E-state index contributed by atoms with van der Waals surface area (Å²) in [5.74, 6) is -0.791. The molecule has 0 spiro atoms. The van der Waals surface area contributed by atoms with Crippen LogP contribution in [0.4, 0.5) is 22.7 Å². The Bertz CT molecular complexity index is 2350. The predicted molar refractivity (Wildman–Crippen MR) is 176 cm³/mol. The number of ketones is 1. The summed E-state index contributed by atoms with van der Waals surface area (Å²) in [6.07, 6.45) is 0. The first-order valence-corrected chi connectivity index (χ1v) is 14.4. The van der Waals surface area contributed by atoms with E-state index in [1.54, 1.807) is 6.92 Å². The number of anilines is 1. The van der Waals surface area contributed by atoms with Crippen molar-refractivity contribution < 1.29 is 24.4 Å². The fourth-order valence-electron chi connectivity index (χ4n) is 5.75. The average molecular weight is 679 g/mol. The van der Waals surface area contributed by atoms with Crippen LogP contribution in [0.2, 0.25) is 0 Å². The Balaban J connectivity index is 0.000000162. The first-order valence-electron chi connectivity index (χ1n) is 13.6. The molecule has 226 valence electrons. The van der Waals surface area contributed by atoms with Crippen molar-refractivity contribution in [1.29, 1.82) is 0 Å². The molecular weight excluding hydrogens is 660 g/mol. The molecule has 0 unspecified atom stereocenters. The molecule has 0 heterocycles. The van der Waals surface area contributed by atoms with E-state index in [-0.39, 0.29) is 38.3 Å². The minimum Gasteiger partial charge on any atom is -0.326 e. The smallest absolute Gasteiger partial charge is 0.284 e. The van der Waals surface area contributed by atoms with Crippen LogP contribution in [0.25, 0.3) is 43.4 Å². The van der Waals surface area contributed by atoms with E-state index in [4.69, 9.17) is 0 Å². The molecule has 0 radical (unpaired) electrons. The molecule has 0 aromatic heterocycles. The van der Waals surface area contributed by atoms with Crippen LogP contribution >= 0.6 is 15.9 Å². The van der Waals surface area contributed by atoms with E-state index >= 15 is 0 Å². The van der Waals surface area contributed by atoms with E-state index in [0.717, 1.165) is 40.7 Å². The number of nitrogens with one attached hydrogen (secondary N) is 1. The van der Waals surface area contributed by atoms with Crippen LogP contribution in [0, 0.1) is 30.3 Å². The fraction of sp³-hybridized carbons (Fsp3) is 0.0303. The van der Waals surface area contributed by atoms with Crippen molar-refractivity contribution >= 4 is 82.7 Å². The first kappa shape index (κ1) is 30.0. The summed E-state index contributed by atoms with van der Waals surface area (Å²) in [5, 5.41) is 43.2. The van der Waals surface area contributed by atoms with Crippen LogP contribution < -0.4 is 5.32 Å². The van der Waals surface area contributed by atoms with Gasteiger partial charge in [0.1, 0.15) is 0 Å². The number of hydrogen-bond donors (Lipinski definition) is 1. The lowest BCUT2D eigenvalue weighted by atomic mass is 9.95. The zero-order valence-corrected chi connectivity index (χ0v) is 25.2. The van der Waals surface area contributed by atoms with E-state index in [1.165, 1.54) is 21.5 Å². The third kappa shape index (κ3) is 5.08. The Kier molecular flexibility index (Phi) is 7.46. The minimum absolute atomic E-state index is 0.0512. The van der Waals surface area contributed by atoms with Gasteiger partial charge in [0.15, 0.2) is 5.78 Å². The number of carbonyl (C=O) groups excluding carboxylic acids is 2. The van der Waals surface area contributed by atoms with E-state index in [1.807, 2.05) is 18.2 Å². The highest BCUT2D eigenvalue weighted by Crippen LogP contribution is 2.48. The summed E-state index contributed by atoms with van der Waals surface area (Å²) < 4.78 is 0.121. The van der Waals surface area contributed by atoms with Crippen LogP contribution in [-0.2, 0) is 4.79 Å². The largest absolute Gasteiger partial charge is 0.326 e. The maximum absolute atomic E-state index is 12.5. The normalized spacial score (nSPS) is 11.5. The van der Waals surface area contributed by atoms with E-state index in [9.17, 15) is 39.9 Å². The van der Waals surface area contributed by atoms with Crippen molar-refractivity contribution in [3.63, 3.8) is 0 Å². The Hall–Kier alpha value is -6.08. The van der Waals surface area contributed by atoms with Gasteiger partial charge in [-0.2, -0.15) is 0 Å². The van der Waals surface area contributed by atoms with Crippen LogP contribution in [0.5, 0.6) is 0 Å². The SMILES string of the molecule is CC(=O)Nc1cccc2ccc3ccc4ccccc4c3c12.O=C1c2cc([N+](=O)[O-])cc(Br)c2-c2c1cc([N+](=O)[O-])cc2[N+](=O)[O-]. The monoisotopic (exact) mass is 678 g/mol. The lowest BCUT2D eigenvalue weighted by molar-refractivity contribution is -0.393. The van der Waals surface area contributed by atoms with Crippen molar-refractivity contribution in [3.05, 3.63) is 137 Å². The standard InChI is InChI=1S/C20H15NO.C13H4BrN3O7/c1-13(22)21-18-8-4-6-15-11-12-16-10-9-14-5-2-3-7-17(14)19(16)20(15)18;14-9-3-5(15(19)20)1-7-11(9)12-8(13(7)18)2-6(16(21)22)4-10(12)17(23)24/h2-12H,1H3,(H,21,22);1-4H. The molecule has 13 heteroatoms. The van der Waals surface area contributed by atoms with Gasteiger partial charge in [-0.05, 0) is 48.9 Å². The van der Waals surface area contributed by atoms with E-state index < -0.39 is 31.9 Å². The number of hydrogen-bond acceptors (Lipinski definition) is 8. The molecule has 1 aliphatic rings. The number of benzene rings is 6. The molecule has 0 atom stereocenters. The number of carbonyl (C=O) groups is 2. The summed E-state index contributed by atoms with van der Waals surface area (Å²) in [6, 6.07) is 26.7. The summed E-state index contributed by atoms with van der Waals surface area (Å²) in [6.45, 7) is 1.54.